The molecule has 0 saturated heterocycles. The molecule has 5 rings (SSSR count). The van der Waals surface area contributed by atoms with Gasteiger partial charge in [0.05, 0.1) is 16.8 Å². The molecule has 0 spiro atoms. The van der Waals surface area contributed by atoms with E-state index in [-0.39, 0.29) is 33.3 Å². The molecule has 0 radical (unpaired) electrons. The van der Waals surface area contributed by atoms with Crippen molar-refractivity contribution in [3.05, 3.63) is 95.6 Å². The van der Waals surface area contributed by atoms with Gasteiger partial charge in [-0.2, -0.15) is 0 Å². The minimum Gasteiger partial charge on any atom is -0.379 e. The summed E-state index contributed by atoms with van der Waals surface area (Å²) in [6, 6.07) is 17.7. The highest BCUT2D eigenvalue weighted by atomic mass is 32.2. The van der Waals surface area contributed by atoms with Crippen LogP contribution in [-0.4, -0.2) is 22.5 Å². The van der Waals surface area contributed by atoms with Crippen molar-refractivity contribution < 1.29 is 22.1 Å². The largest absolute Gasteiger partial charge is 0.463 e. The summed E-state index contributed by atoms with van der Waals surface area (Å²) >= 11 is 0.456. The zero-order valence-corrected chi connectivity index (χ0v) is 20.4. The van der Waals surface area contributed by atoms with Crippen LogP contribution in [0.1, 0.15) is 42.5 Å². The average Bonchev–Trinajstić information content (AvgIpc) is 3.22. The van der Waals surface area contributed by atoms with Gasteiger partial charge in [-0.15, -0.1) is 0 Å². The summed E-state index contributed by atoms with van der Waals surface area (Å²) in [7, 11) is -4.17. The molecule has 1 fully saturated rings. The predicted octanol–water partition coefficient (Wildman–Crippen LogP) is 4.77. The number of benzene rings is 2. The molecule has 1 N–H and O–H groups in total. The maximum atomic E-state index is 14.1. The first-order chi connectivity index (χ1) is 16.8. The average molecular weight is 512 g/mol. The lowest BCUT2D eigenvalue weighted by Gasteiger charge is -2.37. The molecule has 2 aromatic carbocycles. The van der Waals surface area contributed by atoms with E-state index in [9.17, 15) is 22.1 Å². The summed E-state index contributed by atoms with van der Waals surface area (Å²) in [5.74, 6) is -0.0968. The number of aromatic nitrogens is 2. The second kappa shape index (κ2) is 9.22. The summed E-state index contributed by atoms with van der Waals surface area (Å²) < 4.78 is 53.9. The summed E-state index contributed by atoms with van der Waals surface area (Å²) in [5.41, 5.74) is -0.186. The SMILES string of the molecule is O=[S+]Cc1ccc(C(O)(CC2CCC2)c2cc3cc(F)cnc3n2S(=O)(=O)c2ccccc2)cc1. The Morgan fingerprint density at radius 2 is 1.80 bits per heavy atom. The summed E-state index contributed by atoms with van der Waals surface area (Å²) in [6.07, 6.45) is 4.21. The molecule has 180 valence electrons. The second-order valence-electron chi connectivity index (χ2n) is 9.00. The van der Waals surface area contributed by atoms with Gasteiger partial charge >= 0.3 is 11.7 Å². The molecule has 2 aromatic heterocycles. The smallest absolute Gasteiger partial charge is 0.379 e. The van der Waals surface area contributed by atoms with Gasteiger partial charge in [-0.25, -0.2) is 21.8 Å². The number of halogens is 1. The molecule has 1 saturated carbocycles. The Kier molecular flexibility index (Phi) is 6.25. The Morgan fingerprint density at radius 1 is 1.09 bits per heavy atom. The van der Waals surface area contributed by atoms with Gasteiger partial charge in [-0.1, -0.05) is 61.7 Å². The van der Waals surface area contributed by atoms with Crippen molar-refractivity contribution in [3.8, 4) is 0 Å². The Balaban J connectivity index is 1.77. The fourth-order valence-electron chi connectivity index (χ4n) is 4.70. The quantitative estimate of drug-likeness (QED) is 0.344. The van der Waals surface area contributed by atoms with Gasteiger partial charge in [0.25, 0.3) is 15.8 Å². The molecular weight excluding hydrogens is 487 g/mol. The molecule has 1 aliphatic carbocycles. The minimum absolute atomic E-state index is 0.0405. The van der Waals surface area contributed by atoms with E-state index < -0.39 is 21.4 Å². The van der Waals surface area contributed by atoms with E-state index in [0.29, 0.717) is 23.7 Å². The van der Waals surface area contributed by atoms with Crippen molar-refractivity contribution in [1.29, 1.82) is 0 Å². The van der Waals surface area contributed by atoms with Crippen LogP contribution >= 0.6 is 0 Å². The number of nitrogens with zero attached hydrogens (tertiary/aromatic N) is 2. The van der Waals surface area contributed by atoms with E-state index >= 15 is 0 Å². The lowest BCUT2D eigenvalue weighted by atomic mass is 9.74. The normalized spacial score (nSPS) is 16.1. The molecule has 0 bridgehead atoms. The molecule has 1 aliphatic rings. The molecule has 2 heterocycles. The third-order valence-electron chi connectivity index (χ3n) is 6.74. The summed E-state index contributed by atoms with van der Waals surface area (Å²) in [5, 5.41) is 12.6. The van der Waals surface area contributed by atoms with Crippen molar-refractivity contribution in [3.63, 3.8) is 0 Å². The molecule has 1 unspecified atom stereocenters. The highest BCUT2D eigenvalue weighted by Crippen LogP contribution is 2.44. The fraction of sp³-hybridized carbons (Fsp3) is 0.269. The Hall–Kier alpha value is -3.01. The van der Waals surface area contributed by atoms with Crippen LogP contribution in [0, 0.1) is 11.7 Å². The van der Waals surface area contributed by atoms with E-state index in [1.54, 1.807) is 42.5 Å². The summed E-state index contributed by atoms with van der Waals surface area (Å²) in [6.45, 7) is 0. The molecule has 0 aliphatic heterocycles. The molecule has 6 nitrogen and oxygen atoms in total. The fourth-order valence-corrected chi connectivity index (χ4v) is 6.59. The van der Waals surface area contributed by atoms with E-state index in [2.05, 4.69) is 4.98 Å². The number of fused-ring (bicyclic) bond motifs is 1. The first-order valence-electron chi connectivity index (χ1n) is 11.4. The number of pyridine rings is 1. The molecule has 35 heavy (non-hydrogen) atoms. The van der Waals surface area contributed by atoms with Gasteiger partial charge in [0.2, 0.25) is 0 Å². The molecule has 1 atom stereocenters. The lowest BCUT2D eigenvalue weighted by molar-refractivity contribution is 0.0324. The van der Waals surface area contributed by atoms with Crippen LogP contribution in [0.2, 0.25) is 0 Å². The Morgan fingerprint density at radius 3 is 2.43 bits per heavy atom. The maximum Gasteiger partial charge on any atom is 0.463 e. The van der Waals surface area contributed by atoms with Gasteiger partial charge in [0, 0.05) is 15.2 Å². The monoisotopic (exact) mass is 511 g/mol. The number of hydrogen-bond acceptors (Lipinski definition) is 5. The third kappa shape index (κ3) is 4.28. The predicted molar refractivity (Wildman–Crippen MR) is 132 cm³/mol. The molecular formula is C26H24FN2O4S2+. The van der Waals surface area contributed by atoms with Crippen LogP contribution in [0.3, 0.4) is 0 Å². The van der Waals surface area contributed by atoms with Gasteiger partial charge in [0.1, 0.15) is 11.4 Å². The highest BCUT2D eigenvalue weighted by Gasteiger charge is 2.42. The standard InChI is InChI=1S/C26H24FN2O4S2/c27-22-13-20-14-24(29(25(20)28-16-22)35(32,33)23-7-2-1-3-8-23)26(30,15-18-5-4-6-18)21-11-9-19(10-12-21)17-34-31/h1-3,7-14,16,18,30H,4-6,15,17H2/q+1. The van der Waals surface area contributed by atoms with Gasteiger partial charge in [-0.3, -0.25) is 0 Å². The van der Waals surface area contributed by atoms with Crippen molar-refractivity contribution in [2.75, 3.05) is 0 Å². The Bertz CT molecular complexity index is 1480. The number of hydrogen-bond donors (Lipinski definition) is 1. The van der Waals surface area contributed by atoms with E-state index in [4.69, 9.17) is 0 Å². The zero-order chi connectivity index (χ0) is 24.6. The van der Waals surface area contributed by atoms with Crippen LogP contribution in [0.25, 0.3) is 11.0 Å². The number of rotatable bonds is 8. The first kappa shape index (κ1) is 23.7. The van der Waals surface area contributed by atoms with E-state index in [1.807, 2.05) is 0 Å². The minimum atomic E-state index is -4.17. The van der Waals surface area contributed by atoms with Crippen LogP contribution in [-0.2, 0) is 37.3 Å². The van der Waals surface area contributed by atoms with Crippen LogP contribution in [0.15, 0.2) is 77.8 Å². The highest BCUT2D eigenvalue weighted by molar-refractivity contribution is 7.90. The molecule has 9 heteroatoms. The van der Waals surface area contributed by atoms with Crippen molar-refractivity contribution in [2.45, 2.75) is 41.9 Å². The van der Waals surface area contributed by atoms with Crippen LogP contribution < -0.4 is 0 Å². The summed E-state index contributed by atoms with van der Waals surface area (Å²) in [4.78, 5) is 4.15. The lowest BCUT2D eigenvalue weighted by Crippen LogP contribution is -2.36. The van der Waals surface area contributed by atoms with Crippen molar-refractivity contribution in [1.82, 2.24) is 8.96 Å². The van der Waals surface area contributed by atoms with Crippen LogP contribution in [0.5, 0.6) is 0 Å². The Labute approximate surface area is 207 Å². The van der Waals surface area contributed by atoms with E-state index in [0.717, 1.165) is 35.0 Å². The van der Waals surface area contributed by atoms with Gasteiger partial charge < -0.3 is 5.11 Å². The third-order valence-corrected chi connectivity index (χ3v) is 8.91. The number of aliphatic hydroxyl groups is 1. The van der Waals surface area contributed by atoms with Gasteiger partial charge in [0.15, 0.2) is 5.65 Å². The first-order valence-corrected chi connectivity index (χ1v) is 13.7. The molecule has 4 aromatic rings. The van der Waals surface area contributed by atoms with E-state index in [1.165, 1.54) is 24.3 Å². The van der Waals surface area contributed by atoms with Crippen molar-refractivity contribution >= 4 is 32.7 Å². The zero-order valence-electron chi connectivity index (χ0n) is 18.8. The maximum absolute atomic E-state index is 14.1. The second-order valence-corrected chi connectivity index (χ2v) is 11.3. The topological polar surface area (TPSA) is 89.3 Å². The van der Waals surface area contributed by atoms with Gasteiger partial charge in [-0.05, 0) is 42.2 Å². The van der Waals surface area contributed by atoms with Crippen LogP contribution in [0.4, 0.5) is 4.39 Å². The molecule has 0 amide bonds. The van der Waals surface area contributed by atoms with Crippen molar-refractivity contribution in [2.24, 2.45) is 5.92 Å².